The number of carbonyl (C=O) groups excluding carboxylic acids is 1. The van der Waals surface area contributed by atoms with Crippen LogP contribution in [0.25, 0.3) is 11.0 Å². The molecule has 3 atom stereocenters. The predicted octanol–water partition coefficient (Wildman–Crippen LogP) is 4.40. The van der Waals surface area contributed by atoms with Gasteiger partial charge in [0.1, 0.15) is 11.6 Å². The molecule has 2 aliphatic rings. The fourth-order valence-electron chi connectivity index (χ4n) is 5.23. The number of imidazole rings is 1. The Balaban J connectivity index is 1.66. The van der Waals surface area contributed by atoms with Gasteiger partial charge in [0.15, 0.2) is 6.29 Å². The van der Waals surface area contributed by atoms with Gasteiger partial charge < -0.3 is 14.6 Å². The SMILES string of the molecule is CN(C)C1C[C@H](c2c(C=O)cccc2OC(F)F)n2c1nc1ccc(C#CC3(C)CCNC3)cc12. The van der Waals surface area contributed by atoms with Gasteiger partial charge in [0.25, 0.3) is 0 Å². The third kappa shape index (κ3) is 4.30. The number of alkyl halides is 2. The standard InChI is InChI=1S/C27H28F2N4O2/c1-27(11-12-30-16-27)10-9-17-7-8-19-20(13-17)33-21(14-22(32(2)3)25(33)31-19)24-18(15-34)5-4-6-23(24)35-26(28)29/h4-8,13,15,21-22,26,30H,11-12,14,16H2,1-3H3/t21-,22?,27?/m1/s1. The van der Waals surface area contributed by atoms with Crippen LogP contribution in [-0.2, 0) is 0 Å². The van der Waals surface area contributed by atoms with Crippen molar-refractivity contribution in [2.75, 3.05) is 27.2 Å². The second-order valence-corrected chi connectivity index (χ2v) is 9.77. The maximum Gasteiger partial charge on any atom is 0.387 e. The zero-order valence-electron chi connectivity index (χ0n) is 20.0. The average molecular weight is 479 g/mol. The van der Waals surface area contributed by atoms with Crippen LogP contribution in [0.3, 0.4) is 0 Å². The maximum absolute atomic E-state index is 13.3. The largest absolute Gasteiger partial charge is 0.434 e. The number of hydrogen-bond acceptors (Lipinski definition) is 5. The van der Waals surface area contributed by atoms with E-state index in [0.29, 0.717) is 23.8 Å². The van der Waals surface area contributed by atoms with Crippen LogP contribution in [0.4, 0.5) is 8.78 Å². The summed E-state index contributed by atoms with van der Waals surface area (Å²) in [5.74, 6) is 7.59. The highest BCUT2D eigenvalue weighted by molar-refractivity contribution is 5.82. The minimum Gasteiger partial charge on any atom is -0.434 e. The van der Waals surface area contributed by atoms with Crippen LogP contribution < -0.4 is 10.1 Å². The fourth-order valence-corrected chi connectivity index (χ4v) is 5.23. The van der Waals surface area contributed by atoms with E-state index in [1.54, 1.807) is 12.1 Å². The summed E-state index contributed by atoms with van der Waals surface area (Å²) in [6.45, 7) is 1.00. The van der Waals surface area contributed by atoms with E-state index < -0.39 is 12.7 Å². The number of nitrogens with zero attached hydrogens (tertiary/aromatic N) is 3. The summed E-state index contributed by atoms with van der Waals surface area (Å²) in [4.78, 5) is 18.9. The third-order valence-corrected chi connectivity index (χ3v) is 7.05. The molecule has 8 heteroatoms. The summed E-state index contributed by atoms with van der Waals surface area (Å²) in [6.07, 6.45) is 2.28. The van der Waals surface area contributed by atoms with Gasteiger partial charge in [0.2, 0.25) is 0 Å². The second-order valence-electron chi connectivity index (χ2n) is 9.77. The number of hydrogen-bond donors (Lipinski definition) is 1. The Bertz CT molecular complexity index is 1330. The van der Waals surface area contributed by atoms with Crippen molar-refractivity contribution < 1.29 is 18.3 Å². The number of rotatable bonds is 5. The fraction of sp³-hybridized carbons (Fsp3) is 0.407. The van der Waals surface area contributed by atoms with Crippen LogP contribution in [-0.4, -0.2) is 54.5 Å². The van der Waals surface area contributed by atoms with Gasteiger partial charge in [0, 0.05) is 28.7 Å². The molecule has 1 saturated heterocycles. The van der Waals surface area contributed by atoms with Crippen molar-refractivity contribution >= 4 is 17.3 Å². The van der Waals surface area contributed by atoms with E-state index in [-0.39, 0.29) is 17.2 Å². The van der Waals surface area contributed by atoms with E-state index in [9.17, 15) is 13.6 Å². The lowest BCUT2D eigenvalue weighted by molar-refractivity contribution is -0.0507. The first-order chi connectivity index (χ1) is 16.8. The lowest BCUT2D eigenvalue weighted by atomic mass is 9.90. The molecule has 6 nitrogen and oxygen atoms in total. The van der Waals surface area contributed by atoms with Crippen molar-refractivity contribution in [3.63, 3.8) is 0 Å². The Kier molecular flexibility index (Phi) is 6.07. The van der Waals surface area contributed by atoms with Crippen molar-refractivity contribution in [3.05, 3.63) is 58.9 Å². The summed E-state index contributed by atoms with van der Waals surface area (Å²) in [6, 6.07) is 10.2. The molecule has 0 saturated carbocycles. The molecule has 2 aliphatic heterocycles. The maximum atomic E-state index is 13.3. The summed E-state index contributed by atoms with van der Waals surface area (Å²) in [7, 11) is 3.93. The molecule has 1 fully saturated rings. The van der Waals surface area contributed by atoms with Gasteiger partial charge in [-0.1, -0.05) is 24.0 Å². The zero-order valence-corrected chi connectivity index (χ0v) is 20.0. The second kappa shape index (κ2) is 9.06. The Morgan fingerprint density at radius 3 is 2.83 bits per heavy atom. The predicted molar refractivity (Wildman–Crippen MR) is 130 cm³/mol. The molecule has 0 bridgehead atoms. The summed E-state index contributed by atoms with van der Waals surface area (Å²) in [5, 5.41) is 3.36. The Labute approximate surface area is 203 Å². The molecular formula is C27H28F2N4O2. The van der Waals surface area contributed by atoms with Crippen LogP contribution in [0.2, 0.25) is 0 Å². The van der Waals surface area contributed by atoms with E-state index in [1.807, 2.05) is 32.3 Å². The number of carbonyl (C=O) groups is 1. The van der Waals surface area contributed by atoms with E-state index in [4.69, 9.17) is 9.72 Å². The van der Waals surface area contributed by atoms with Crippen LogP contribution in [0.1, 0.15) is 59.2 Å². The van der Waals surface area contributed by atoms with Crippen molar-refractivity contribution in [1.29, 1.82) is 0 Å². The molecule has 2 unspecified atom stereocenters. The first-order valence-electron chi connectivity index (χ1n) is 11.7. The molecule has 182 valence electrons. The van der Waals surface area contributed by atoms with E-state index in [0.717, 1.165) is 41.9 Å². The highest BCUT2D eigenvalue weighted by Gasteiger charge is 2.38. The van der Waals surface area contributed by atoms with Crippen molar-refractivity contribution in [2.45, 2.75) is 38.5 Å². The van der Waals surface area contributed by atoms with Crippen LogP contribution in [0, 0.1) is 17.3 Å². The third-order valence-electron chi connectivity index (χ3n) is 7.05. The minimum atomic E-state index is -2.99. The quantitative estimate of drug-likeness (QED) is 0.435. The molecule has 2 aromatic carbocycles. The number of nitrogens with one attached hydrogen (secondary N) is 1. The Morgan fingerprint density at radius 1 is 1.31 bits per heavy atom. The minimum absolute atomic E-state index is 0.0133. The van der Waals surface area contributed by atoms with Gasteiger partial charge in [-0.05, 0) is 64.7 Å². The van der Waals surface area contributed by atoms with Gasteiger partial charge >= 0.3 is 6.61 Å². The first kappa shape index (κ1) is 23.5. The molecule has 0 radical (unpaired) electrons. The first-order valence-corrected chi connectivity index (χ1v) is 11.7. The van der Waals surface area contributed by atoms with E-state index in [2.05, 4.69) is 33.5 Å². The average Bonchev–Trinajstić information content (AvgIpc) is 3.51. The zero-order chi connectivity index (χ0) is 24.7. The van der Waals surface area contributed by atoms with Crippen molar-refractivity contribution in [2.24, 2.45) is 5.41 Å². The topological polar surface area (TPSA) is 59.4 Å². The molecule has 0 spiro atoms. The molecule has 3 heterocycles. The number of fused-ring (bicyclic) bond motifs is 3. The number of benzene rings is 2. The highest BCUT2D eigenvalue weighted by atomic mass is 19.3. The monoisotopic (exact) mass is 478 g/mol. The summed E-state index contributed by atoms with van der Waals surface area (Å²) >= 11 is 0. The molecule has 3 aromatic rings. The number of aromatic nitrogens is 2. The number of ether oxygens (including phenoxy) is 1. The molecule has 5 rings (SSSR count). The van der Waals surface area contributed by atoms with Gasteiger partial charge in [0.05, 0.1) is 23.1 Å². The highest BCUT2D eigenvalue weighted by Crippen LogP contribution is 2.46. The van der Waals surface area contributed by atoms with Crippen molar-refractivity contribution in [3.8, 4) is 17.6 Å². The molecule has 1 N–H and O–H groups in total. The molecule has 1 aromatic heterocycles. The van der Waals surface area contributed by atoms with Gasteiger partial charge in [-0.25, -0.2) is 4.98 Å². The molecule has 35 heavy (non-hydrogen) atoms. The number of aldehydes is 1. The lowest BCUT2D eigenvalue weighted by Gasteiger charge is -2.22. The van der Waals surface area contributed by atoms with Gasteiger partial charge in [-0.15, -0.1) is 0 Å². The number of halogens is 2. The summed E-state index contributed by atoms with van der Waals surface area (Å²) in [5.41, 5.74) is 3.26. The van der Waals surface area contributed by atoms with E-state index in [1.165, 1.54) is 6.07 Å². The molecular weight excluding hydrogens is 450 g/mol. The van der Waals surface area contributed by atoms with E-state index >= 15 is 0 Å². The Morgan fingerprint density at radius 2 is 2.14 bits per heavy atom. The van der Waals surface area contributed by atoms with Crippen LogP contribution in [0.15, 0.2) is 36.4 Å². The van der Waals surface area contributed by atoms with Crippen LogP contribution in [0.5, 0.6) is 5.75 Å². The molecule has 0 aliphatic carbocycles. The normalized spacial score (nSPS) is 23.5. The van der Waals surface area contributed by atoms with Crippen LogP contribution >= 0.6 is 0 Å². The summed E-state index contributed by atoms with van der Waals surface area (Å²) < 4.78 is 33.4. The smallest absolute Gasteiger partial charge is 0.387 e. The van der Waals surface area contributed by atoms with Gasteiger partial charge in [-0.2, -0.15) is 8.78 Å². The lowest BCUT2D eigenvalue weighted by Crippen LogP contribution is -2.18. The van der Waals surface area contributed by atoms with Crippen molar-refractivity contribution in [1.82, 2.24) is 19.8 Å². The molecule has 0 amide bonds. The van der Waals surface area contributed by atoms with Gasteiger partial charge in [-0.3, -0.25) is 9.69 Å². The Hall–Kier alpha value is -3.28.